The first-order valence-electron chi connectivity index (χ1n) is 8.06. The molecule has 0 radical (unpaired) electrons. The van der Waals surface area contributed by atoms with Gasteiger partial charge in [0.1, 0.15) is 5.75 Å². The van der Waals surface area contributed by atoms with Crippen molar-refractivity contribution in [1.29, 1.82) is 0 Å². The zero-order valence-corrected chi connectivity index (χ0v) is 14.0. The molecule has 0 aliphatic carbocycles. The number of pyridine rings is 1. The molecule has 0 atom stereocenters. The first-order valence-corrected chi connectivity index (χ1v) is 8.06. The summed E-state index contributed by atoms with van der Waals surface area (Å²) >= 11 is 0. The van der Waals surface area contributed by atoms with Crippen LogP contribution in [0.5, 0.6) is 5.75 Å². The molecule has 0 unspecified atom stereocenters. The summed E-state index contributed by atoms with van der Waals surface area (Å²) in [7, 11) is 0. The average Bonchev–Trinajstić information content (AvgIpc) is 2.60. The van der Waals surface area contributed by atoms with Gasteiger partial charge in [-0.2, -0.15) is 0 Å². The fourth-order valence-corrected chi connectivity index (χ4v) is 3.07. The van der Waals surface area contributed by atoms with Crippen LogP contribution < -0.4 is 5.43 Å². The van der Waals surface area contributed by atoms with Crippen LogP contribution >= 0.6 is 0 Å². The Morgan fingerprint density at radius 3 is 2.60 bits per heavy atom. The van der Waals surface area contributed by atoms with Gasteiger partial charge in [-0.3, -0.25) is 9.59 Å². The van der Waals surface area contributed by atoms with Gasteiger partial charge in [0.25, 0.3) is 0 Å². The smallest absolute Gasteiger partial charge is 0.189 e. The van der Waals surface area contributed by atoms with E-state index in [1.807, 2.05) is 34.9 Å². The van der Waals surface area contributed by atoms with Crippen molar-refractivity contribution < 1.29 is 9.90 Å². The number of aromatic nitrogens is 1. The van der Waals surface area contributed by atoms with Crippen molar-refractivity contribution in [3.05, 3.63) is 88.2 Å². The molecule has 1 N–H and O–H groups in total. The molecule has 0 spiro atoms. The summed E-state index contributed by atoms with van der Waals surface area (Å²) in [4.78, 5) is 24.3. The molecule has 0 amide bonds. The third-order valence-corrected chi connectivity index (χ3v) is 4.25. The molecule has 0 saturated carbocycles. The number of rotatable bonds is 5. The third-order valence-electron chi connectivity index (χ3n) is 4.25. The third kappa shape index (κ3) is 3.11. The SMILES string of the molecule is C=CCc1c(O)c(C(C)=O)cc2c(=O)ccn(Cc3ccccc3)c12. The first kappa shape index (κ1) is 16.7. The predicted molar refractivity (Wildman–Crippen MR) is 99.3 cm³/mol. The summed E-state index contributed by atoms with van der Waals surface area (Å²) in [6, 6.07) is 12.8. The highest BCUT2D eigenvalue weighted by molar-refractivity contribution is 6.02. The van der Waals surface area contributed by atoms with Gasteiger partial charge in [0.15, 0.2) is 11.2 Å². The monoisotopic (exact) mass is 333 g/mol. The number of allylic oxidation sites excluding steroid dienone is 1. The lowest BCUT2D eigenvalue weighted by molar-refractivity contribution is 0.101. The topological polar surface area (TPSA) is 59.3 Å². The van der Waals surface area contributed by atoms with Crippen LogP contribution in [0.15, 0.2) is 66.1 Å². The highest BCUT2D eigenvalue weighted by Crippen LogP contribution is 2.31. The molecule has 1 heterocycles. The standard InChI is InChI=1S/C21H19NO3/c1-3-7-16-20-18(12-17(14(2)23)21(16)25)19(24)10-11-22(20)13-15-8-5-4-6-9-15/h3-6,8-12,25H,1,7,13H2,2H3. The molecule has 4 nitrogen and oxygen atoms in total. The van der Waals surface area contributed by atoms with Crippen molar-refractivity contribution in [2.75, 3.05) is 0 Å². The van der Waals surface area contributed by atoms with E-state index >= 15 is 0 Å². The Balaban J connectivity index is 2.34. The van der Waals surface area contributed by atoms with E-state index in [2.05, 4.69) is 6.58 Å². The van der Waals surface area contributed by atoms with E-state index in [1.165, 1.54) is 19.1 Å². The van der Waals surface area contributed by atoms with Crippen molar-refractivity contribution in [2.24, 2.45) is 0 Å². The summed E-state index contributed by atoms with van der Waals surface area (Å²) in [6.45, 7) is 5.67. The number of carbonyl (C=O) groups is 1. The number of aromatic hydroxyl groups is 1. The van der Waals surface area contributed by atoms with E-state index in [9.17, 15) is 14.7 Å². The molecule has 0 aliphatic heterocycles. The summed E-state index contributed by atoms with van der Waals surface area (Å²) in [5.41, 5.74) is 2.25. The van der Waals surface area contributed by atoms with Crippen LogP contribution in [0.1, 0.15) is 28.4 Å². The first-order chi connectivity index (χ1) is 12.0. The van der Waals surface area contributed by atoms with Crippen molar-refractivity contribution in [2.45, 2.75) is 19.9 Å². The van der Waals surface area contributed by atoms with Crippen LogP contribution in [0.3, 0.4) is 0 Å². The summed E-state index contributed by atoms with van der Waals surface area (Å²) < 4.78 is 1.93. The van der Waals surface area contributed by atoms with Gasteiger partial charge in [-0.15, -0.1) is 6.58 Å². The Morgan fingerprint density at radius 2 is 1.96 bits per heavy atom. The van der Waals surface area contributed by atoms with Crippen LogP contribution in [0.2, 0.25) is 0 Å². The number of carbonyl (C=O) groups excluding carboxylic acids is 1. The minimum absolute atomic E-state index is 0.0766. The van der Waals surface area contributed by atoms with E-state index in [1.54, 1.807) is 12.3 Å². The Morgan fingerprint density at radius 1 is 1.24 bits per heavy atom. The lowest BCUT2D eigenvalue weighted by Gasteiger charge is -2.17. The number of fused-ring (bicyclic) bond motifs is 1. The molecule has 0 fully saturated rings. The molecule has 0 bridgehead atoms. The van der Waals surface area contributed by atoms with Gasteiger partial charge >= 0.3 is 0 Å². The van der Waals surface area contributed by atoms with Crippen LogP contribution in [-0.4, -0.2) is 15.5 Å². The molecule has 3 aromatic rings. The van der Waals surface area contributed by atoms with Gasteiger partial charge in [0.05, 0.1) is 11.1 Å². The number of hydrogen-bond acceptors (Lipinski definition) is 3. The molecule has 2 aromatic carbocycles. The number of ketones is 1. The lowest BCUT2D eigenvalue weighted by atomic mass is 9.98. The molecule has 25 heavy (non-hydrogen) atoms. The van der Waals surface area contributed by atoms with E-state index in [4.69, 9.17) is 0 Å². The average molecular weight is 333 g/mol. The fraction of sp³-hybridized carbons (Fsp3) is 0.143. The number of benzene rings is 2. The van der Waals surface area contributed by atoms with E-state index in [0.29, 0.717) is 29.4 Å². The predicted octanol–water partition coefficient (Wildman–Crippen LogP) is 3.69. The normalized spacial score (nSPS) is 10.8. The largest absolute Gasteiger partial charge is 0.507 e. The van der Waals surface area contributed by atoms with Crippen molar-refractivity contribution in [3.8, 4) is 5.75 Å². The number of Topliss-reactive ketones (excluding diaryl/α,β-unsaturated/α-hetero) is 1. The Labute approximate surface area is 145 Å². The maximum absolute atomic E-state index is 12.4. The van der Waals surface area contributed by atoms with Crippen LogP contribution in [0.25, 0.3) is 10.9 Å². The van der Waals surface area contributed by atoms with Crippen molar-refractivity contribution in [1.82, 2.24) is 4.57 Å². The number of phenols is 1. The Bertz CT molecular complexity index is 1020. The van der Waals surface area contributed by atoms with Crippen LogP contribution in [0, 0.1) is 0 Å². The van der Waals surface area contributed by atoms with Crippen molar-refractivity contribution >= 4 is 16.7 Å². The zero-order chi connectivity index (χ0) is 18.0. The van der Waals surface area contributed by atoms with E-state index < -0.39 is 0 Å². The van der Waals surface area contributed by atoms with Crippen molar-refractivity contribution in [3.63, 3.8) is 0 Å². The van der Waals surface area contributed by atoms with Gasteiger partial charge in [0, 0.05) is 29.8 Å². The maximum Gasteiger partial charge on any atom is 0.189 e. The number of nitrogens with zero attached hydrogens (tertiary/aromatic N) is 1. The van der Waals surface area contributed by atoms with Gasteiger partial charge in [-0.25, -0.2) is 0 Å². The van der Waals surface area contributed by atoms with Gasteiger partial charge < -0.3 is 9.67 Å². The minimum Gasteiger partial charge on any atom is -0.507 e. The quantitative estimate of drug-likeness (QED) is 0.572. The molecular weight excluding hydrogens is 314 g/mol. The van der Waals surface area contributed by atoms with E-state index in [-0.39, 0.29) is 22.5 Å². The molecule has 126 valence electrons. The minimum atomic E-state index is -0.275. The second-order valence-corrected chi connectivity index (χ2v) is 5.99. The highest BCUT2D eigenvalue weighted by Gasteiger charge is 2.18. The van der Waals surface area contributed by atoms with Gasteiger partial charge in [-0.05, 0) is 25.0 Å². The number of hydrogen-bond donors (Lipinski definition) is 1. The summed E-state index contributed by atoms with van der Waals surface area (Å²) in [5, 5.41) is 11.0. The summed E-state index contributed by atoms with van der Waals surface area (Å²) in [5.74, 6) is -0.352. The van der Waals surface area contributed by atoms with Crippen LogP contribution in [-0.2, 0) is 13.0 Å². The molecular formula is C21H19NO3. The fourth-order valence-electron chi connectivity index (χ4n) is 3.07. The molecule has 0 aliphatic rings. The molecule has 1 aromatic heterocycles. The second-order valence-electron chi connectivity index (χ2n) is 5.99. The van der Waals surface area contributed by atoms with E-state index in [0.717, 1.165) is 5.56 Å². The Hall–Kier alpha value is -3.14. The van der Waals surface area contributed by atoms with Gasteiger partial charge in [0.2, 0.25) is 0 Å². The summed E-state index contributed by atoms with van der Waals surface area (Å²) in [6.07, 6.45) is 3.74. The second kappa shape index (κ2) is 6.77. The molecule has 4 heteroatoms. The van der Waals surface area contributed by atoms with Crippen LogP contribution in [0.4, 0.5) is 0 Å². The molecule has 3 rings (SSSR count). The number of phenolic OH excluding ortho intramolecular Hbond substituents is 1. The molecule has 0 saturated heterocycles. The lowest BCUT2D eigenvalue weighted by Crippen LogP contribution is -2.12. The highest BCUT2D eigenvalue weighted by atomic mass is 16.3. The maximum atomic E-state index is 12.4. The Kier molecular flexibility index (Phi) is 4.52. The zero-order valence-electron chi connectivity index (χ0n) is 14.0. The van der Waals surface area contributed by atoms with Gasteiger partial charge in [-0.1, -0.05) is 36.4 Å².